The third-order valence-corrected chi connectivity index (χ3v) is 4.46. The molecule has 4 N–H and O–H groups in total. The molecule has 6 heteroatoms. The van der Waals surface area contributed by atoms with Crippen LogP contribution in [0.3, 0.4) is 0 Å². The van der Waals surface area contributed by atoms with Crippen molar-refractivity contribution in [2.24, 2.45) is 0 Å². The summed E-state index contributed by atoms with van der Waals surface area (Å²) in [6.07, 6.45) is 15.3. The average Bonchev–Trinajstić information content (AvgIpc) is 3.04. The first kappa shape index (κ1) is 24.3. The molecular weight excluding hydrogens is 360 g/mol. The lowest BCUT2D eigenvalue weighted by Crippen LogP contribution is -2.25. The van der Waals surface area contributed by atoms with Crippen molar-refractivity contribution < 1.29 is 30.0 Å². The fraction of sp³-hybridized carbons (Fsp3) is 0.591. The van der Waals surface area contributed by atoms with Gasteiger partial charge in [-0.15, -0.1) is 0 Å². The van der Waals surface area contributed by atoms with Crippen molar-refractivity contribution in [2.45, 2.75) is 82.4 Å². The van der Waals surface area contributed by atoms with E-state index in [1.807, 2.05) is 12.2 Å². The zero-order valence-electron chi connectivity index (χ0n) is 16.6. The van der Waals surface area contributed by atoms with Crippen LogP contribution in [0.5, 0.6) is 0 Å². The van der Waals surface area contributed by atoms with E-state index in [0.717, 1.165) is 19.3 Å². The van der Waals surface area contributed by atoms with Crippen LogP contribution in [0, 0.1) is 0 Å². The van der Waals surface area contributed by atoms with E-state index in [9.17, 15) is 20.1 Å². The first-order valence-corrected chi connectivity index (χ1v) is 9.98. The van der Waals surface area contributed by atoms with Gasteiger partial charge in [0.1, 0.15) is 0 Å². The lowest BCUT2D eigenvalue weighted by Gasteiger charge is -2.16. The average molecular weight is 395 g/mol. The molecule has 1 heterocycles. The highest BCUT2D eigenvalue weighted by Crippen LogP contribution is 2.26. The van der Waals surface area contributed by atoms with E-state index in [1.54, 1.807) is 0 Å². The van der Waals surface area contributed by atoms with Gasteiger partial charge >= 0.3 is 5.97 Å². The monoisotopic (exact) mass is 394 g/mol. The van der Waals surface area contributed by atoms with Crippen LogP contribution < -0.4 is 0 Å². The highest BCUT2D eigenvalue weighted by atomic mass is 16.5. The van der Waals surface area contributed by atoms with E-state index in [1.165, 1.54) is 12.2 Å². The number of carboxylic acids is 1. The van der Waals surface area contributed by atoms with Crippen molar-refractivity contribution in [3.63, 3.8) is 0 Å². The molecule has 0 amide bonds. The number of allylic oxidation sites excluding steroid dienone is 5. The molecule has 0 aliphatic carbocycles. The van der Waals surface area contributed by atoms with Crippen LogP contribution in [0.25, 0.3) is 0 Å². The third-order valence-electron chi connectivity index (χ3n) is 4.46. The minimum atomic E-state index is -0.956. The Morgan fingerprint density at radius 3 is 2.36 bits per heavy atom. The van der Waals surface area contributed by atoms with Crippen molar-refractivity contribution in [1.82, 2.24) is 0 Å². The molecule has 0 aromatic rings. The fourth-order valence-corrected chi connectivity index (χ4v) is 2.90. The van der Waals surface area contributed by atoms with Crippen molar-refractivity contribution in [3.8, 4) is 0 Å². The first-order chi connectivity index (χ1) is 13.4. The van der Waals surface area contributed by atoms with E-state index in [0.29, 0.717) is 6.42 Å². The number of aliphatic carboxylic acids is 1. The standard InChI is InChI=1S/C22H34O6/c1-2-3-4-5-6-7-8-9-10-11-17(23)12-13-18(24)21-16-19(25)20(28-21)14-15-22(26)27/h3-4,6-7,9-10,12-13,17-21,23-25H,2,5,8,11,14-16H2,1H3,(H,26,27)/b4-3-,7-6-,10-9-,13-12+/t17-,18-,19+,20-,21-/m1/s1. The summed E-state index contributed by atoms with van der Waals surface area (Å²) < 4.78 is 5.56. The number of rotatable bonds is 13. The Labute approximate surface area is 167 Å². The molecule has 1 aliphatic rings. The normalized spacial score (nSPS) is 25.5. The van der Waals surface area contributed by atoms with Crippen LogP contribution in [0.1, 0.15) is 51.9 Å². The van der Waals surface area contributed by atoms with Gasteiger partial charge in [-0.3, -0.25) is 4.79 Å². The van der Waals surface area contributed by atoms with Gasteiger partial charge < -0.3 is 25.2 Å². The van der Waals surface area contributed by atoms with Crippen molar-refractivity contribution >= 4 is 5.97 Å². The van der Waals surface area contributed by atoms with Crippen LogP contribution in [-0.4, -0.2) is 56.9 Å². The summed E-state index contributed by atoms with van der Waals surface area (Å²) in [6.45, 7) is 2.10. The molecule has 1 saturated heterocycles. The zero-order valence-corrected chi connectivity index (χ0v) is 16.6. The smallest absolute Gasteiger partial charge is 0.303 e. The van der Waals surface area contributed by atoms with Gasteiger partial charge in [0, 0.05) is 12.8 Å². The van der Waals surface area contributed by atoms with Crippen molar-refractivity contribution in [2.75, 3.05) is 0 Å². The Kier molecular flexibility index (Phi) is 12.4. The molecule has 0 radical (unpaired) electrons. The number of hydrogen-bond acceptors (Lipinski definition) is 5. The molecule has 5 atom stereocenters. The van der Waals surface area contributed by atoms with Crippen LogP contribution in [0.15, 0.2) is 48.6 Å². The first-order valence-electron chi connectivity index (χ1n) is 9.98. The fourth-order valence-electron chi connectivity index (χ4n) is 2.90. The van der Waals surface area contributed by atoms with Gasteiger partial charge in [-0.2, -0.15) is 0 Å². The molecule has 1 aliphatic heterocycles. The summed E-state index contributed by atoms with van der Waals surface area (Å²) in [5.41, 5.74) is 0. The Morgan fingerprint density at radius 1 is 1.07 bits per heavy atom. The van der Waals surface area contributed by atoms with E-state index in [-0.39, 0.29) is 19.3 Å². The molecule has 158 valence electrons. The summed E-state index contributed by atoms with van der Waals surface area (Å²) >= 11 is 0. The summed E-state index contributed by atoms with van der Waals surface area (Å²) in [5, 5.41) is 38.7. The van der Waals surface area contributed by atoms with Crippen LogP contribution in [0.2, 0.25) is 0 Å². The predicted molar refractivity (Wildman–Crippen MR) is 109 cm³/mol. The predicted octanol–water partition coefficient (Wildman–Crippen LogP) is 2.90. The lowest BCUT2D eigenvalue weighted by atomic mass is 10.0. The second-order valence-electron chi connectivity index (χ2n) is 6.92. The minimum absolute atomic E-state index is 0.0872. The molecule has 0 bridgehead atoms. The van der Waals surface area contributed by atoms with Gasteiger partial charge in [-0.05, 0) is 32.1 Å². The zero-order chi connectivity index (χ0) is 20.8. The number of aliphatic hydroxyl groups excluding tert-OH is 3. The Bertz CT molecular complexity index is 551. The summed E-state index contributed by atoms with van der Waals surface area (Å²) in [7, 11) is 0. The van der Waals surface area contributed by atoms with Crippen LogP contribution in [0.4, 0.5) is 0 Å². The Morgan fingerprint density at radius 2 is 1.71 bits per heavy atom. The Hall–Kier alpha value is -1.73. The van der Waals surface area contributed by atoms with E-state index in [2.05, 4.69) is 31.2 Å². The van der Waals surface area contributed by atoms with Gasteiger partial charge in [0.2, 0.25) is 0 Å². The van der Waals surface area contributed by atoms with Gasteiger partial charge in [0.05, 0.1) is 30.5 Å². The van der Waals surface area contributed by atoms with Gasteiger partial charge in [0.15, 0.2) is 0 Å². The molecule has 0 saturated carbocycles. The number of carboxylic acid groups (broad SMARTS) is 1. The van der Waals surface area contributed by atoms with E-state index in [4.69, 9.17) is 9.84 Å². The van der Waals surface area contributed by atoms with Crippen molar-refractivity contribution in [1.29, 1.82) is 0 Å². The maximum Gasteiger partial charge on any atom is 0.303 e. The SMILES string of the molecule is CC/C=C\C/C=C\C/C=C\C[C@@H](O)/C=C/[C@@H](O)[C@H]1C[C@H](O)[C@@H](CCC(=O)O)O1. The summed E-state index contributed by atoms with van der Waals surface area (Å²) in [5.74, 6) is -0.945. The van der Waals surface area contributed by atoms with Gasteiger partial charge in [-0.1, -0.05) is 55.5 Å². The van der Waals surface area contributed by atoms with E-state index < -0.39 is 36.5 Å². The number of ether oxygens (including phenoxy) is 1. The molecule has 1 fully saturated rings. The number of aliphatic hydroxyl groups is 3. The maximum atomic E-state index is 10.6. The molecule has 0 aromatic carbocycles. The quantitative estimate of drug-likeness (QED) is 0.358. The van der Waals surface area contributed by atoms with E-state index >= 15 is 0 Å². The van der Waals surface area contributed by atoms with Crippen molar-refractivity contribution in [3.05, 3.63) is 48.6 Å². The maximum absolute atomic E-state index is 10.6. The third kappa shape index (κ3) is 10.6. The molecule has 1 rings (SSSR count). The second-order valence-corrected chi connectivity index (χ2v) is 6.92. The summed E-state index contributed by atoms with van der Waals surface area (Å²) in [4.78, 5) is 10.6. The Balaban J connectivity index is 2.28. The van der Waals surface area contributed by atoms with Crippen LogP contribution in [-0.2, 0) is 9.53 Å². The van der Waals surface area contributed by atoms with Gasteiger partial charge in [-0.25, -0.2) is 0 Å². The second kappa shape index (κ2) is 14.3. The highest BCUT2D eigenvalue weighted by molar-refractivity contribution is 5.66. The molecule has 6 nitrogen and oxygen atoms in total. The molecular formula is C22H34O6. The molecule has 0 spiro atoms. The number of hydrogen-bond donors (Lipinski definition) is 4. The number of carbonyl (C=O) groups is 1. The van der Waals surface area contributed by atoms with Crippen LogP contribution >= 0.6 is 0 Å². The molecule has 0 aromatic heterocycles. The minimum Gasteiger partial charge on any atom is -0.481 e. The summed E-state index contributed by atoms with van der Waals surface area (Å²) in [6, 6.07) is 0. The highest BCUT2D eigenvalue weighted by Gasteiger charge is 2.36. The topological polar surface area (TPSA) is 107 Å². The molecule has 28 heavy (non-hydrogen) atoms. The molecule has 0 unspecified atom stereocenters. The van der Waals surface area contributed by atoms with Gasteiger partial charge in [0.25, 0.3) is 0 Å². The largest absolute Gasteiger partial charge is 0.481 e. The lowest BCUT2D eigenvalue weighted by molar-refractivity contribution is -0.138.